The molecule has 17 heavy (non-hydrogen) atoms. The fourth-order valence-corrected chi connectivity index (χ4v) is 1.49. The largest absolute Gasteiger partial charge is 0.332 e. The number of rotatable bonds is 3. The number of nitriles is 1. The summed E-state index contributed by atoms with van der Waals surface area (Å²) in [5.41, 5.74) is 1.13. The summed E-state index contributed by atoms with van der Waals surface area (Å²) in [6.45, 7) is 0.440. The molecule has 0 aliphatic rings. The minimum atomic E-state index is -0.532. The van der Waals surface area contributed by atoms with Crippen LogP contribution in [0.15, 0.2) is 30.7 Å². The van der Waals surface area contributed by atoms with Gasteiger partial charge in [-0.1, -0.05) is 6.07 Å². The van der Waals surface area contributed by atoms with Gasteiger partial charge in [0.1, 0.15) is 17.6 Å². The summed E-state index contributed by atoms with van der Waals surface area (Å²) in [7, 11) is 0. The summed E-state index contributed by atoms with van der Waals surface area (Å²) >= 11 is 0. The molecule has 0 saturated heterocycles. The van der Waals surface area contributed by atoms with Gasteiger partial charge in [0, 0.05) is 12.7 Å². The van der Waals surface area contributed by atoms with Gasteiger partial charge >= 0.3 is 0 Å². The van der Waals surface area contributed by atoms with Gasteiger partial charge in [0.25, 0.3) is 0 Å². The van der Waals surface area contributed by atoms with Crippen molar-refractivity contribution in [2.24, 2.45) is 0 Å². The molecular weight excluding hydrogens is 221 g/mol. The average molecular weight is 229 g/mol. The second-order valence-corrected chi connectivity index (χ2v) is 3.51. The number of carbonyl (C=O) groups is 1. The van der Waals surface area contributed by atoms with Gasteiger partial charge in [-0.25, -0.2) is 9.37 Å². The van der Waals surface area contributed by atoms with Gasteiger partial charge in [-0.15, -0.1) is 0 Å². The highest BCUT2D eigenvalue weighted by atomic mass is 19.1. The molecule has 0 atom stereocenters. The van der Waals surface area contributed by atoms with Crippen molar-refractivity contribution in [3.8, 4) is 6.07 Å². The number of carbonyl (C=O) groups excluding carboxylic acids is 1. The molecule has 4 nitrogen and oxygen atoms in total. The van der Waals surface area contributed by atoms with Crippen LogP contribution in [0.3, 0.4) is 0 Å². The molecule has 0 saturated carbocycles. The molecule has 2 rings (SSSR count). The summed E-state index contributed by atoms with van der Waals surface area (Å²) < 4.78 is 14.8. The lowest BCUT2D eigenvalue weighted by Gasteiger charge is -2.03. The van der Waals surface area contributed by atoms with Gasteiger partial charge in [-0.2, -0.15) is 5.26 Å². The first-order valence-electron chi connectivity index (χ1n) is 4.88. The number of benzene rings is 1. The van der Waals surface area contributed by atoms with Gasteiger partial charge in [-0.05, 0) is 17.7 Å². The highest BCUT2D eigenvalue weighted by Gasteiger charge is 2.04. The van der Waals surface area contributed by atoms with Crippen LogP contribution in [0.1, 0.15) is 21.6 Å². The zero-order valence-electron chi connectivity index (χ0n) is 8.80. The lowest BCUT2D eigenvalue weighted by molar-refractivity contribution is 0.111. The van der Waals surface area contributed by atoms with Gasteiger partial charge in [0.2, 0.25) is 0 Å². The Hall–Kier alpha value is -2.48. The molecule has 0 N–H and O–H groups in total. The van der Waals surface area contributed by atoms with E-state index in [1.54, 1.807) is 22.9 Å². The molecule has 0 aliphatic carbocycles. The summed E-state index contributed by atoms with van der Waals surface area (Å²) in [5.74, 6) is -0.532. The van der Waals surface area contributed by atoms with Crippen molar-refractivity contribution >= 4 is 6.29 Å². The van der Waals surface area contributed by atoms with Gasteiger partial charge in [0.15, 0.2) is 6.29 Å². The van der Waals surface area contributed by atoms with Crippen molar-refractivity contribution in [1.29, 1.82) is 5.26 Å². The quantitative estimate of drug-likeness (QED) is 0.753. The van der Waals surface area contributed by atoms with E-state index in [2.05, 4.69) is 4.98 Å². The molecule has 0 amide bonds. The van der Waals surface area contributed by atoms with Gasteiger partial charge < -0.3 is 4.57 Å². The van der Waals surface area contributed by atoms with Crippen molar-refractivity contribution < 1.29 is 9.18 Å². The molecule has 0 radical (unpaired) electrons. The zero-order valence-corrected chi connectivity index (χ0v) is 8.80. The summed E-state index contributed by atoms with van der Waals surface area (Å²) in [4.78, 5) is 14.3. The standard InChI is InChI=1S/C12H8FN3O/c13-12-2-1-9(3-10(12)4-14)5-16-6-11(7-17)15-8-16/h1-3,6-8H,5H2. The van der Waals surface area contributed by atoms with E-state index in [4.69, 9.17) is 5.26 Å². The minimum absolute atomic E-state index is 0.0122. The average Bonchev–Trinajstić information content (AvgIpc) is 2.79. The van der Waals surface area contributed by atoms with Crippen molar-refractivity contribution in [2.45, 2.75) is 6.54 Å². The van der Waals surface area contributed by atoms with Crippen LogP contribution in [0.25, 0.3) is 0 Å². The van der Waals surface area contributed by atoms with Gasteiger partial charge in [-0.3, -0.25) is 4.79 Å². The van der Waals surface area contributed by atoms with Crippen LogP contribution in [0.5, 0.6) is 0 Å². The van der Waals surface area contributed by atoms with Crippen LogP contribution in [0.4, 0.5) is 4.39 Å². The SMILES string of the molecule is N#Cc1cc(Cn2cnc(C=O)c2)ccc1F. The van der Waals surface area contributed by atoms with Crippen molar-refractivity contribution in [2.75, 3.05) is 0 Å². The Balaban J connectivity index is 2.24. The number of hydrogen-bond donors (Lipinski definition) is 0. The Bertz CT molecular complexity index is 598. The number of aldehydes is 1. The molecule has 0 fully saturated rings. The van der Waals surface area contributed by atoms with E-state index in [0.29, 0.717) is 18.5 Å². The predicted molar refractivity (Wildman–Crippen MR) is 57.8 cm³/mol. The van der Waals surface area contributed by atoms with E-state index in [0.717, 1.165) is 5.56 Å². The predicted octanol–water partition coefficient (Wildman–Crippen LogP) is 1.75. The van der Waals surface area contributed by atoms with Crippen LogP contribution in [0.2, 0.25) is 0 Å². The first-order chi connectivity index (χ1) is 8.22. The third-order valence-electron chi connectivity index (χ3n) is 2.29. The van der Waals surface area contributed by atoms with E-state index >= 15 is 0 Å². The van der Waals surface area contributed by atoms with Crippen molar-refractivity contribution in [3.05, 3.63) is 53.4 Å². The number of halogens is 1. The number of aromatic nitrogens is 2. The Morgan fingerprint density at radius 3 is 3.00 bits per heavy atom. The van der Waals surface area contributed by atoms with E-state index in [1.807, 2.05) is 0 Å². The lowest BCUT2D eigenvalue weighted by Crippen LogP contribution is -1.98. The fraction of sp³-hybridized carbons (Fsp3) is 0.0833. The monoisotopic (exact) mass is 229 g/mol. The van der Waals surface area contributed by atoms with Gasteiger partial charge in [0.05, 0.1) is 11.9 Å². The second-order valence-electron chi connectivity index (χ2n) is 3.51. The Morgan fingerprint density at radius 1 is 1.53 bits per heavy atom. The molecule has 5 heteroatoms. The Labute approximate surface area is 96.9 Å². The molecule has 84 valence electrons. The second kappa shape index (κ2) is 4.58. The van der Waals surface area contributed by atoms with E-state index in [-0.39, 0.29) is 5.56 Å². The summed E-state index contributed by atoms with van der Waals surface area (Å²) in [5, 5.41) is 8.70. The Morgan fingerprint density at radius 2 is 2.35 bits per heavy atom. The van der Waals surface area contributed by atoms with Crippen LogP contribution >= 0.6 is 0 Å². The molecule has 0 spiro atoms. The summed E-state index contributed by atoms with van der Waals surface area (Å²) in [6.07, 6.45) is 3.75. The van der Waals surface area contributed by atoms with Crippen LogP contribution in [-0.2, 0) is 6.54 Å². The first kappa shape index (κ1) is 11.0. The molecule has 0 aliphatic heterocycles. The van der Waals surface area contributed by atoms with Crippen LogP contribution in [-0.4, -0.2) is 15.8 Å². The fourth-order valence-electron chi connectivity index (χ4n) is 1.49. The Kier molecular flexibility index (Phi) is 2.97. The topological polar surface area (TPSA) is 58.7 Å². The maximum absolute atomic E-state index is 13.1. The molecule has 0 bridgehead atoms. The zero-order chi connectivity index (χ0) is 12.3. The minimum Gasteiger partial charge on any atom is -0.332 e. The highest BCUT2D eigenvalue weighted by Crippen LogP contribution is 2.11. The van der Waals surface area contributed by atoms with E-state index in [1.165, 1.54) is 18.5 Å². The maximum atomic E-state index is 13.1. The van der Waals surface area contributed by atoms with Crippen molar-refractivity contribution in [1.82, 2.24) is 9.55 Å². The first-order valence-corrected chi connectivity index (χ1v) is 4.88. The smallest absolute Gasteiger partial charge is 0.169 e. The molecule has 1 aromatic heterocycles. The highest BCUT2D eigenvalue weighted by molar-refractivity contribution is 5.70. The van der Waals surface area contributed by atoms with Crippen LogP contribution in [0, 0.1) is 17.1 Å². The number of hydrogen-bond acceptors (Lipinski definition) is 3. The van der Waals surface area contributed by atoms with Crippen molar-refractivity contribution in [3.63, 3.8) is 0 Å². The molecule has 1 aromatic carbocycles. The molecule has 2 aromatic rings. The third kappa shape index (κ3) is 2.37. The van der Waals surface area contributed by atoms with E-state index < -0.39 is 5.82 Å². The lowest BCUT2D eigenvalue weighted by atomic mass is 10.1. The maximum Gasteiger partial charge on any atom is 0.169 e. The third-order valence-corrected chi connectivity index (χ3v) is 2.29. The normalized spacial score (nSPS) is 9.88. The van der Waals surface area contributed by atoms with E-state index in [9.17, 15) is 9.18 Å². The summed E-state index contributed by atoms with van der Waals surface area (Å²) in [6, 6.07) is 6.11. The molecule has 0 unspecified atom stereocenters. The number of imidazole rings is 1. The van der Waals surface area contributed by atoms with Crippen LogP contribution < -0.4 is 0 Å². The molecule has 1 heterocycles. The molecular formula is C12H8FN3O. The number of nitrogens with zero attached hydrogens (tertiary/aromatic N) is 3.